The first-order valence-corrected chi connectivity index (χ1v) is 12.3. The molecule has 6 heteroatoms. The van der Waals surface area contributed by atoms with Gasteiger partial charge in [-0.05, 0) is 52.6 Å². The van der Waals surface area contributed by atoms with Crippen molar-refractivity contribution in [2.75, 3.05) is 10.2 Å². The van der Waals surface area contributed by atoms with Gasteiger partial charge in [0.15, 0.2) is 0 Å². The molecular formula is C32H24N4O2. The number of nitrogens with one attached hydrogen (secondary N) is 1. The summed E-state index contributed by atoms with van der Waals surface area (Å²) in [6, 6.07) is 34.2. The van der Waals surface area contributed by atoms with Crippen LogP contribution in [-0.2, 0) is 6.54 Å². The Labute approximate surface area is 220 Å². The number of nitrogens with two attached hydrogens (primary N) is 1. The Bertz CT molecular complexity index is 1680. The summed E-state index contributed by atoms with van der Waals surface area (Å²) in [5, 5.41) is 3.37. The number of carbonyl (C=O) groups is 2. The van der Waals surface area contributed by atoms with Crippen LogP contribution in [0.5, 0.6) is 0 Å². The lowest BCUT2D eigenvalue weighted by Gasteiger charge is -2.24. The van der Waals surface area contributed by atoms with Crippen LogP contribution < -0.4 is 16.0 Å². The van der Waals surface area contributed by atoms with Crippen molar-refractivity contribution < 1.29 is 9.59 Å². The molecule has 0 spiro atoms. The van der Waals surface area contributed by atoms with E-state index in [4.69, 9.17) is 5.73 Å². The molecule has 0 saturated carbocycles. The molecule has 3 N–H and O–H groups in total. The SMILES string of the molecule is NC(=O)c1cc(-c2ccccc2C(=O)N2Cc3cccnc3Nc3ccccc32)ccc1-c1ccccc1. The van der Waals surface area contributed by atoms with Gasteiger partial charge in [0.05, 0.1) is 17.9 Å². The first-order valence-electron chi connectivity index (χ1n) is 12.3. The zero-order valence-electron chi connectivity index (χ0n) is 20.5. The first-order chi connectivity index (χ1) is 18.6. The largest absolute Gasteiger partial charge is 0.366 e. The number of anilines is 3. The Balaban J connectivity index is 1.45. The standard InChI is InChI=1S/C32H24N4O2/c33-30(37)27-19-22(16-17-25(27)21-9-2-1-3-10-21)24-12-4-5-13-26(24)32(38)36-20-23-11-8-18-34-31(23)35-28-14-6-7-15-29(28)36/h1-19H,20H2,(H2,33,37)(H,34,35). The van der Waals surface area contributed by atoms with E-state index >= 15 is 0 Å². The summed E-state index contributed by atoms with van der Waals surface area (Å²) in [5.41, 5.74) is 12.3. The monoisotopic (exact) mass is 496 g/mol. The maximum absolute atomic E-state index is 14.2. The molecular weight excluding hydrogens is 472 g/mol. The molecule has 38 heavy (non-hydrogen) atoms. The van der Waals surface area contributed by atoms with Crippen molar-refractivity contribution in [2.45, 2.75) is 6.54 Å². The van der Waals surface area contributed by atoms with Crippen LogP contribution in [0.3, 0.4) is 0 Å². The van der Waals surface area contributed by atoms with Crippen LogP contribution in [0.4, 0.5) is 17.2 Å². The summed E-state index contributed by atoms with van der Waals surface area (Å²) in [6.07, 6.45) is 1.73. The Morgan fingerprint density at radius 2 is 1.47 bits per heavy atom. The van der Waals surface area contributed by atoms with Crippen molar-refractivity contribution in [1.29, 1.82) is 0 Å². The molecule has 0 saturated heterocycles. The van der Waals surface area contributed by atoms with Crippen molar-refractivity contribution in [2.24, 2.45) is 5.73 Å². The van der Waals surface area contributed by atoms with Crippen LogP contribution >= 0.6 is 0 Å². The highest BCUT2D eigenvalue weighted by molar-refractivity contribution is 6.12. The number of para-hydroxylation sites is 2. The van der Waals surface area contributed by atoms with Crippen LogP contribution in [-0.4, -0.2) is 16.8 Å². The molecule has 184 valence electrons. The number of benzene rings is 4. The van der Waals surface area contributed by atoms with Gasteiger partial charge in [0.25, 0.3) is 5.91 Å². The minimum atomic E-state index is -0.522. The number of primary amides is 1. The van der Waals surface area contributed by atoms with E-state index in [0.29, 0.717) is 17.7 Å². The number of hydrogen-bond acceptors (Lipinski definition) is 4. The smallest absolute Gasteiger partial charge is 0.259 e. The number of amides is 2. The topological polar surface area (TPSA) is 88.3 Å². The van der Waals surface area contributed by atoms with E-state index < -0.39 is 5.91 Å². The summed E-state index contributed by atoms with van der Waals surface area (Å²) in [6.45, 7) is 0.361. The van der Waals surface area contributed by atoms with Gasteiger partial charge in [-0.1, -0.05) is 78.9 Å². The lowest BCUT2D eigenvalue weighted by Crippen LogP contribution is -2.30. The van der Waals surface area contributed by atoms with Crippen LogP contribution in [0, 0.1) is 0 Å². The molecule has 0 bridgehead atoms. The van der Waals surface area contributed by atoms with E-state index in [-0.39, 0.29) is 5.91 Å². The number of pyridine rings is 1. The minimum absolute atomic E-state index is 0.153. The number of nitrogens with zero attached hydrogens (tertiary/aromatic N) is 2. The van der Waals surface area contributed by atoms with Gasteiger partial charge in [-0.2, -0.15) is 0 Å². The Hall–Kier alpha value is -5.23. The van der Waals surface area contributed by atoms with E-state index in [9.17, 15) is 9.59 Å². The molecule has 4 aromatic carbocycles. The summed E-state index contributed by atoms with van der Waals surface area (Å²) >= 11 is 0. The Morgan fingerprint density at radius 1 is 0.737 bits per heavy atom. The highest BCUT2D eigenvalue weighted by atomic mass is 16.2. The molecule has 5 aromatic rings. The maximum atomic E-state index is 14.2. The van der Waals surface area contributed by atoms with E-state index in [1.54, 1.807) is 17.2 Å². The van der Waals surface area contributed by atoms with Gasteiger partial charge in [-0.3, -0.25) is 9.59 Å². The van der Waals surface area contributed by atoms with Crippen LogP contribution in [0.2, 0.25) is 0 Å². The van der Waals surface area contributed by atoms with Gasteiger partial charge in [-0.15, -0.1) is 0 Å². The summed E-state index contributed by atoms with van der Waals surface area (Å²) in [7, 11) is 0. The average Bonchev–Trinajstić information content (AvgIpc) is 3.14. The number of hydrogen-bond donors (Lipinski definition) is 2. The number of rotatable bonds is 4. The Kier molecular flexibility index (Phi) is 5.90. The first kappa shape index (κ1) is 23.2. The van der Waals surface area contributed by atoms with E-state index in [0.717, 1.165) is 45.0 Å². The molecule has 1 aliphatic rings. The second-order valence-electron chi connectivity index (χ2n) is 9.08. The van der Waals surface area contributed by atoms with E-state index in [1.807, 2.05) is 103 Å². The molecule has 1 aromatic heterocycles. The zero-order chi connectivity index (χ0) is 26.1. The van der Waals surface area contributed by atoms with Gasteiger partial charge in [0.1, 0.15) is 5.82 Å². The summed E-state index contributed by atoms with van der Waals surface area (Å²) in [5.74, 6) is 0.0524. The van der Waals surface area contributed by atoms with Crippen molar-refractivity contribution in [3.05, 3.63) is 132 Å². The van der Waals surface area contributed by atoms with Crippen molar-refractivity contribution >= 4 is 29.0 Å². The van der Waals surface area contributed by atoms with Crippen LogP contribution in [0.25, 0.3) is 22.3 Å². The molecule has 2 heterocycles. The molecule has 6 nitrogen and oxygen atoms in total. The van der Waals surface area contributed by atoms with E-state index in [2.05, 4.69) is 10.3 Å². The minimum Gasteiger partial charge on any atom is -0.366 e. The van der Waals surface area contributed by atoms with Crippen molar-refractivity contribution in [3.8, 4) is 22.3 Å². The van der Waals surface area contributed by atoms with Crippen LogP contribution in [0.15, 0.2) is 115 Å². The van der Waals surface area contributed by atoms with Crippen LogP contribution in [0.1, 0.15) is 26.3 Å². The molecule has 1 aliphatic heterocycles. The second kappa shape index (κ2) is 9.67. The fourth-order valence-electron chi connectivity index (χ4n) is 4.91. The van der Waals surface area contributed by atoms with Gasteiger partial charge in [0.2, 0.25) is 5.91 Å². The lowest BCUT2D eigenvalue weighted by molar-refractivity contribution is 0.0983. The predicted octanol–water partition coefficient (Wildman–Crippen LogP) is 6.42. The van der Waals surface area contributed by atoms with E-state index in [1.165, 1.54) is 0 Å². The zero-order valence-corrected chi connectivity index (χ0v) is 20.5. The predicted molar refractivity (Wildman–Crippen MR) is 150 cm³/mol. The quantitative estimate of drug-likeness (QED) is 0.301. The highest BCUT2D eigenvalue weighted by Gasteiger charge is 2.27. The lowest BCUT2D eigenvalue weighted by atomic mass is 9.92. The highest BCUT2D eigenvalue weighted by Crippen LogP contribution is 2.37. The van der Waals surface area contributed by atoms with Crippen molar-refractivity contribution in [3.63, 3.8) is 0 Å². The van der Waals surface area contributed by atoms with Gasteiger partial charge in [-0.25, -0.2) is 4.98 Å². The molecule has 2 amide bonds. The third-order valence-corrected chi connectivity index (χ3v) is 6.75. The molecule has 6 rings (SSSR count). The van der Waals surface area contributed by atoms with Gasteiger partial charge in [0, 0.05) is 22.9 Å². The average molecular weight is 497 g/mol. The van der Waals surface area contributed by atoms with Gasteiger partial charge >= 0.3 is 0 Å². The summed E-state index contributed by atoms with van der Waals surface area (Å²) in [4.78, 5) is 32.9. The number of fused-ring (bicyclic) bond motifs is 2. The molecule has 0 atom stereocenters. The molecule has 0 unspecified atom stereocenters. The third-order valence-electron chi connectivity index (χ3n) is 6.75. The summed E-state index contributed by atoms with van der Waals surface area (Å²) < 4.78 is 0. The fourth-order valence-corrected chi connectivity index (χ4v) is 4.91. The molecule has 0 aliphatic carbocycles. The second-order valence-corrected chi connectivity index (χ2v) is 9.08. The number of aromatic nitrogens is 1. The molecule has 0 radical (unpaired) electrons. The fraction of sp³-hybridized carbons (Fsp3) is 0.0312. The van der Waals surface area contributed by atoms with Crippen molar-refractivity contribution in [1.82, 2.24) is 4.98 Å². The number of carbonyl (C=O) groups excluding carboxylic acids is 2. The third kappa shape index (κ3) is 4.18. The van der Waals surface area contributed by atoms with Gasteiger partial charge < -0.3 is 16.0 Å². The normalized spacial score (nSPS) is 12.1. The molecule has 0 fully saturated rings. The Morgan fingerprint density at radius 3 is 2.32 bits per heavy atom. The maximum Gasteiger partial charge on any atom is 0.259 e.